The molecule has 1 N–H and O–H groups in total. The molecular weight excluding hydrogens is 309 g/mol. The highest BCUT2D eigenvalue weighted by atomic mass is 19.4. The second kappa shape index (κ2) is 6.60. The molecule has 0 unspecified atom stereocenters. The van der Waals surface area contributed by atoms with E-state index in [9.17, 15) is 18.0 Å². The van der Waals surface area contributed by atoms with Gasteiger partial charge < -0.3 is 14.6 Å². The van der Waals surface area contributed by atoms with Crippen molar-refractivity contribution in [3.05, 3.63) is 54.0 Å². The summed E-state index contributed by atoms with van der Waals surface area (Å²) in [6.45, 7) is 0. The molecule has 0 aliphatic carbocycles. The van der Waals surface area contributed by atoms with E-state index in [0.717, 1.165) is 12.1 Å². The van der Waals surface area contributed by atoms with Crippen LogP contribution >= 0.6 is 0 Å². The Kier molecular flexibility index (Phi) is 4.78. The molecule has 1 amide bonds. The van der Waals surface area contributed by atoms with Gasteiger partial charge in [-0.15, -0.1) is 0 Å². The molecule has 122 valence electrons. The summed E-state index contributed by atoms with van der Waals surface area (Å²) in [7, 11) is 3.28. The first kappa shape index (κ1) is 16.7. The molecule has 23 heavy (non-hydrogen) atoms. The minimum atomic E-state index is -4.57. The number of carbonyl (C=O) groups is 1. The Morgan fingerprint density at radius 2 is 2.00 bits per heavy atom. The summed E-state index contributed by atoms with van der Waals surface area (Å²) in [6.07, 6.45) is -0.658. The number of amides is 1. The van der Waals surface area contributed by atoms with Gasteiger partial charge in [0.05, 0.1) is 17.5 Å². The molecule has 0 spiro atoms. The van der Waals surface area contributed by atoms with Crippen LogP contribution in [0.2, 0.25) is 0 Å². The van der Waals surface area contributed by atoms with Crippen LogP contribution in [0.15, 0.2) is 47.1 Å². The Morgan fingerprint density at radius 1 is 1.26 bits per heavy atom. The van der Waals surface area contributed by atoms with Crippen LogP contribution in [0.25, 0.3) is 6.08 Å². The molecular formula is C16H15F3N2O2. The van der Waals surface area contributed by atoms with Gasteiger partial charge in [0.2, 0.25) is 5.91 Å². The zero-order chi connectivity index (χ0) is 17.0. The van der Waals surface area contributed by atoms with Gasteiger partial charge in [-0.05, 0) is 36.4 Å². The minimum Gasteiger partial charge on any atom is -0.465 e. The first-order valence-electron chi connectivity index (χ1n) is 6.68. The van der Waals surface area contributed by atoms with E-state index in [1.165, 1.54) is 24.5 Å². The maximum Gasteiger partial charge on any atom is 0.418 e. The van der Waals surface area contributed by atoms with Crippen LogP contribution in [0.4, 0.5) is 24.5 Å². The lowest BCUT2D eigenvalue weighted by molar-refractivity contribution is -0.136. The molecule has 0 aliphatic heterocycles. The minimum absolute atomic E-state index is 0.294. The van der Waals surface area contributed by atoms with Crippen LogP contribution in [-0.2, 0) is 11.0 Å². The van der Waals surface area contributed by atoms with E-state index in [4.69, 9.17) is 4.42 Å². The van der Waals surface area contributed by atoms with Crippen molar-refractivity contribution in [1.82, 2.24) is 0 Å². The number of furan rings is 1. The number of nitrogens with zero attached hydrogens (tertiary/aromatic N) is 1. The topological polar surface area (TPSA) is 45.5 Å². The van der Waals surface area contributed by atoms with Gasteiger partial charge in [-0.25, -0.2) is 0 Å². The van der Waals surface area contributed by atoms with E-state index in [-0.39, 0.29) is 5.69 Å². The predicted molar refractivity (Wildman–Crippen MR) is 82.1 cm³/mol. The zero-order valence-corrected chi connectivity index (χ0v) is 12.5. The first-order chi connectivity index (χ1) is 10.8. The van der Waals surface area contributed by atoms with E-state index in [1.807, 2.05) is 0 Å². The molecule has 0 radical (unpaired) electrons. The number of carbonyl (C=O) groups excluding carboxylic acids is 1. The summed E-state index contributed by atoms with van der Waals surface area (Å²) in [5, 5.41) is 2.24. The normalized spacial score (nSPS) is 11.7. The number of rotatable bonds is 4. The molecule has 2 rings (SSSR count). The van der Waals surface area contributed by atoms with E-state index in [2.05, 4.69) is 5.32 Å². The van der Waals surface area contributed by atoms with Gasteiger partial charge in [0, 0.05) is 25.9 Å². The van der Waals surface area contributed by atoms with Crippen LogP contribution in [0.5, 0.6) is 0 Å². The van der Waals surface area contributed by atoms with Crippen LogP contribution < -0.4 is 10.2 Å². The van der Waals surface area contributed by atoms with Crippen molar-refractivity contribution < 1.29 is 22.4 Å². The van der Waals surface area contributed by atoms with E-state index in [0.29, 0.717) is 11.4 Å². The third-order valence-corrected chi connectivity index (χ3v) is 3.02. The molecule has 0 fully saturated rings. The average molecular weight is 324 g/mol. The van der Waals surface area contributed by atoms with E-state index in [1.54, 1.807) is 31.1 Å². The van der Waals surface area contributed by atoms with Crippen molar-refractivity contribution in [1.29, 1.82) is 0 Å². The molecule has 7 heteroatoms. The third-order valence-electron chi connectivity index (χ3n) is 3.02. The molecule has 2 aromatic rings. The molecule has 0 saturated heterocycles. The summed E-state index contributed by atoms with van der Waals surface area (Å²) in [6, 6.07) is 6.99. The van der Waals surface area contributed by atoms with E-state index < -0.39 is 17.6 Å². The molecule has 1 heterocycles. The first-order valence-corrected chi connectivity index (χ1v) is 6.68. The third kappa shape index (κ3) is 4.38. The smallest absolute Gasteiger partial charge is 0.418 e. The highest BCUT2D eigenvalue weighted by Gasteiger charge is 2.34. The SMILES string of the molecule is CN(C)c1ccc(NC(=O)/C=C/c2ccco2)c(C(F)(F)F)c1. The summed E-state index contributed by atoms with van der Waals surface area (Å²) in [5.41, 5.74) is -0.804. The van der Waals surface area contributed by atoms with Crippen molar-refractivity contribution in [2.45, 2.75) is 6.18 Å². The van der Waals surface area contributed by atoms with Crippen LogP contribution in [0.3, 0.4) is 0 Å². The predicted octanol–water partition coefficient (Wildman–Crippen LogP) is 4.02. The quantitative estimate of drug-likeness (QED) is 0.864. The average Bonchev–Trinajstić information content (AvgIpc) is 2.97. The highest BCUT2D eigenvalue weighted by molar-refractivity contribution is 6.02. The van der Waals surface area contributed by atoms with Crippen molar-refractivity contribution in [2.75, 3.05) is 24.3 Å². The zero-order valence-electron chi connectivity index (χ0n) is 12.5. The summed E-state index contributed by atoms with van der Waals surface area (Å²) in [4.78, 5) is 13.3. The van der Waals surface area contributed by atoms with Gasteiger partial charge in [0.15, 0.2) is 0 Å². The number of halogens is 3. The van der Waals surface area contributed by atoms with Crippen molar-refractivity contribution >= 4 is 23.4 Å². The fourth-order valence-corrected chi connectivity index (χ4v) is 1.87. The molecule has 0 saturated carbocycles. The lowest BCUT2D eigenvalue weighted by Gasteiger charge is -2.18. The van der Waals surface area contributed by atoms with E-state index >= 15 is 0 Å². The van der Waals surface area contributed by atoms with Crippen LogP contribution in [0.1, 0.15) is 11.3 Å². The van der Waals surface area contributed by atoms with Crippen molar-refractivity contribution in [3.63, 3.8) is 0 Å². The Hall–Kier alpha value is -2.70. The summed E-state index contributed by atoms with van der Waals surface area (Å²) < 4.78 is 44.4. The van der Waals surface area contributed by atoms with Gasteiger partial charge in [0.25, 0.3) is 0 Å². The molecule has 4 nitrogen and oxygen atoms in total. The van der Waals surface area contributed by atoms with Crippen molar-refractivity contribution in [2.24, 2.45) is 0 Å². The van der Waals surface area contributed by atoms with Crippen molar-refractivity contribution in [3.8, 4) is 0 Å². The largest absolute Gasteiger partial charge is 0.465 e. The Labute approximate surface area is 131 Å². The molecule has 1 aromatic heterocycles. The second-order valence-electron chi connectivity index (χ2n) is 4.96. The number of alkyl halides is 3. The number of hydrogen-bond donors (Lipinski definition) is 1. The van der Waals surface area contributed by atoms with Crippen LogP contribution in [-0.4, -0.2) is 20.0 Å². The maximum atomic E-state index is 13.1. The Balaban J connectivity index is 2.23. The standard InChI is InChI=1S/C16H15F3N2O2/c1-21(2)11-5-7-14(13(10-11)16(17,18)19)20-15(22)8-6-12-4-3-9-23-12/h3-10H,1-2H3,(H,20,22)/b8-6+. The lowest BCUT2D eigenvalue weighted by Crippen LogP contribution is -2.16. The molecule has 1 aromatic carbocycles. The van der Waals surface area contributed by atoms with Gasteiger partial charge in [-0.2, -0.15) is 13.2 Å². The van der Waals surface area contributed by atoms with Crippen LogP contribution in [0, 0.1) is 0 Å². The maximum absolute atomic E-state index is 13.1. The highest BCUT2D eigenvalue weighted by Crippen LogP contribution is 2.37. The Bertz CT molecular complexity index is 705. The second-order valence-corrected chi connectivity index (χ2v) is 4.96. The monoisotopic (exact) mass is 324 g/mol. The molecule has 0 atom stereocenters. The number of hydrogen-bond acceptors (Lipinski definition) is 3. The van der Waals surface area contributed by atoms with Gasteiger partial charge >= 0.3 is 6.18 Å². The fourth-order valence-electron chi connectivity index (χ4n) is 1.87. The lowest BCUT2D eigenvalue weighted by atomic mass is 10.1. The summed E-state index contributed by atoms with van der Waals surface area (Å²) >= 11 is 0. The number of benzene rings is 1. The van der Waals surface area contributed by atoms with Gasteiger partial charge in [0.1, 0.15) is 5.76 Å². The molecule has 0 bridgehead atoms. The summed E-state index contributed by atoms with van der Waals surface area (Å²) in [5.74, 6) is -0.247. The van der Waals surface area contributed by atoms with Gasteiger partial charge in [-0.3, -0.25) is 4.79 Å². The molecule has 0 aliphatic rings. The number of nitrogens with one attached hydrogen (secondary N) is 1. The number of anilines is 2. The van der Waals surface area contributed by atoms with Gasteiger partial charge in [-0.1, -0.05) is 0 Å². The fraction of sp³-hybridized carbons (Fsp3) is 0.188. The Morgan fingerprint density at radius 3 is 2.57 bits per heavy atom.